The summed E-state index contributed by atoms with van der Waals surface area (Å²) in [6.07, 6.45) is 0. The standard InChI is InChI=1S/C35H21Cl2N.C25H15Cl2N/c36-23-16-18-26-27-19-17-24(37)21-31(27)35(30(26)20-23)28-11-3-5-13-33(28)38(34-14-6-4-12-29(34)35)32-15-7-9-22-8-1-2-10-25(22)32;26-15-9-11-17-18-12-10-16(27)14-22(18)25(21(17)13-15)19-5-1-3-7-23(19)28-24-8-4-2-6-20(24)25/h1-21H;1-14,28H. The molecule has 2 aliphatic carbocycles. The molecule has 0 unspecified atom stereocenters. The first kappa shape index (κ1) is 39.6. The van der Waals surface area contributed by atoms with Gasteiger partial charge in [-0.05, 0) is 151 Å². The largest absolute Gasteiger partial charge is 0.355 e. The van der Waals surface area contributed by atoms with Crippen LogP contribution in [0.4, 0.5) is 28.4 Å². The van der Waals surface area contributed by atoms with Crippen LogP contribution in [0.5, 0.6) is 0 Å². The summed E-state index contributed by atoms with van der Waals surface area (Å²) in [7, 11) is 0. The maximum Gasteiger partial charge on any atom is 0.0755 e. The molecule has 0 fully saturated rings. The SMILES string of the molecule is Clc1ccc2c(c1)C1(c3cc(Cl)ccc3-2)c2ccccc2N(c2cccc3ccccc23)c2ccccc21.Clc1ccc2c(c1)C1(c3ccccc3Nc3ccccc31)c1cc(Cl)ccc1-2. The van der Waals surface area contributed by atoms with Crippen LogP contribution in [0.2, 0.25) is 20.1 Å². The Hall–Kier alpha value is -6.78. The van der Waals surface area contributed by atoms with Crippen molar-refractivity contribution in [2.75, 3.05) is 10.2 Å². The number of hydrogen-bond donors (Lipinski definition) is 1. The Bertz CT molecular complexity index is 3460. The Labute approximate surface area is 403 Å². The van der Waals surface area contributed by atoms with E-state index in [1.54, 1.807) is 0 Å². The minimum atomic E-state index is -0.547. The van der Waals surface area contributed by atoms with E-state index in [9.17, 15) is 0 Å². The lowest BCUT2D eigenvalue weighted by Crippen LogP contribution is -2.36. The van der Waals surface area contributed by atoms with Gasteiger partial charge < -0.3 is 10.2 Å². The van der Waals surface area contributed by atoms with Crippen molar-refractivity contribution in [3.8, 4) is 22.3 Å². The molecule has 0 aromatic heterocycles. The van der Waals surface area contributed by atoms with Crippen molar-refractivity contribution < 1.29 is 0 Å². The Kier molecular flexibility index (Phi) is 8.92. The minimum Gasteiger partial charge on any atom is -0.355 e. The molecule has 0 atom stereocenters. The van der Waals surface area contributed by atoms with Crippen LogP contribution in [0.15, 0.2) is 212 Å². The van der Waals surface area contributed by atoms with E-state index in [0.717, 1.165) is 48.5 Å². The molecular formula is C60H36Cl4N2. The van der Waals surface area contributed by atoms with Crippen LogP contribution < -0.4 is 10.2 Å². The lowest BCUT2D eigenvalue weighted by molar-refractivity contribution is 0.753. The molecule has 0 saturated carbocycles. The summed E-state index contributed by atoms with van der Waals surface area (Å²) in [5, 5.41) is 8.99. The molecule has 10 aromatic carbocycles. The van der Waals surface area contributed by atoms with Crippen molar-refractivity contribution in [2.45, 2.75) is 10.8 Å². The van der Waals surface area contributed by atoms with E-state index in [2.05, 4.69) is 198 Å². The molecule has 1 N–H and O–H groups in total. The highest BCUT2D eigenvalue weighted by Gasteiger charge is 2.53. The van der Waals surface area contributed by atoms with Gasteiger partial charge in [-0.25, -0.2) is 0 Å². The third-order valence-electron chi connectivity index (χ3n) is 14.2. The summed E-state index contributed by atoms with van der Waals surface area (Å²) >= 11 is 26.4. The van der Waals surface area contributed by atoms with Gasteiger partial charge in [0.15, 0.2) is 0 Å². The minimum absolute atomic E-state index is 0.446. The summed E-state index contributed by atoms with van der Waals surface area (Å²) in [5.41, 5.74) is 19.2. The molecule has 14 rings (SSSR count). The lowest BCUT2D eigenvalue weighted by atomic mass is 9.64. The molecule has 2 nitrogen and oxygen atoms in total. The number of para-hydroxylation sites is 4. The van der Waals surface area contributed by atoms with Gasteiger partial charge in [0.05, 0.1) is 27.9 Å². The van der Waals surface area contributed by atoms with Gasteiger partial charge in [-0.15, -0.1) is 0 Å². The Morgan fingerprint density at radius 1 is 0.303 bits per heavy atom. The monoisotopic (exact) mass is 924 g/mol. The number of halogens is 4. The van der Waals surface area contributed by atoms with E-state index >= 15 is 0 Å². The quantitative estimate of drug-likeness (QED) is 0.176. The summed E-state index contributed by atoms with van der Waals surface area (Å²) in [5.74, 6) is 0. The van der Waals surface area contributed by atoms with Crippen molar-refractivity contribution in [3.63, 3.8) is 0 Å². The zero-order chi connectivity index (χ0) is 44.3. The first-order valence-corrected chi connectivity index (χ1v) is 23.5. The highest BCUT2D eigenvalue weighted by molar-refractivity contribution is 6.32. The number of anilines is 5. The fourth-order valence-electron chi connectivity index (χ4n) is 11.7. The van der Waals surface area contributed by atoms with Crippen LogP contribution in [0, 0.1) is 0 Å². The molecular weight excluding hydrogens is 890 g/mol. The molecule has 2 spiro atoms. The number of nitrogens with zero attached hydrogens (tertiary/aromatic N) is 1. The zero-order valence-corrected chi connectivity index (χ0v) is 38.2. The molecule has 0 amide bonds. The van der Waals surface area contributed by atoms with Gasteiger partial charge >= 0.3 is 0 Å². The van der Waals surface area contributed by atoms with E-state index < -0.39 is 10.8 Å². The van der Waals surface area contributed by atoms with Crippen LogP contribution >= 0.6 is 46.4 Å². The Morgan fingerprint density at radius 3 is 1.12 bits per heavy atom. The van der Waals surface area contributed by atoms with Crippen molar-refractivity contribution in [3.05, 3.63) is 277 Å². The Morgan fingerprint density at radius 2 is 0.652 bits per heavy atom. The highest BCUT2D eigenvalue weighted by Crippen LogP contribution is 2.65. The van der Waals surface area contributed by atoms with Crippen LogP contribution in [0.25, 0.3) is 33.0 Å². The van der Waals surface area contributed by atoms with Gasteiger partial charge in [0.25, 0.3) is 0 Å². The van der Waals surface area contributed by atoms with E-state index in [1.807, 2.05) is 24.3 Å². The van der Waals surface area contributed by atoms with Crippen molar-refractivity contribution >= 4 is 85.6 Å². The molecule has 314 valence electrons. The molecule has 0 radical (unpaired) electrons. The molecule has 10 aromatic rings. The van der Waals surface area contributed by atoms with Gasteiger partial charge in [-0.3, -0.25) is 0 Å². The number of hydrogen-bond acceptors (Lipinski definition) is 2. The molecule has 0 bridgehead atoms. The van der Waals surface area contributed by atoms with Gasteiger partial charge in [0.2, 0.25) is 0 Å². The van der Waals surface area contributed by atoms with Crippen molar-refractivity contribution in [2.24, 2.45) is 0 Å². The predicted octanol–water partition coefficient (Wildman–Crippen LogP) is 17.7. The first-order chi connectivity index (χ1) is 32.4. The van der Waals surface area contributed by atoms with Gasteiger partial charge in [-0.1, -0.05) is 180 Å². The van der Waals surface area contributed by atoms with Crippen molar-refractivity contribution in [1.29, 1.82) is 0 Å². The van der Waals surface area contributed by atoms with E-state index in [0.29, 0.717) is 0 Å². The zero-order valence-electron chi connectivity index (χ0n) is 35.2. The van der Waals surface area contributed by atoms with E-state index in [4.69, 9.17) is 46.4 Å². The fraction of sp³-hybridized carbons (Fsp3) is 0.0333. The maximum atomic E-state index is 6.71. The predicted molar refractivity (Wildman–Crippen MR) is 277 cm³/mol. The van der Waals surface area contributed by atoms with Crippen molar-refractivity contribution in [1.82, 2.24) is 0 Å². The van der Waals surface area contributed by atoms with Gasteiger partial charge in [-0.2, -0.15) is 0 Å². The average molecular weight is 927 g/mol. The second-order valence-corrected chi connectivity index (χ2v) is 19.1. The normalized spacial score (nSPS) is 14.4. The smallest absolute Gasteiger partial charge is 0.0755 e. The molecule has 66 heavy (non-hydrogen) atoms. The number of nitrogens with one attached hydrogen (secondary N) is 1. The third kappa shape index (κ3) is 5.45. The number of benzene rings is 10. The summed E-state index contributed by atoms with van der Waals surface area (Å²) in [4.78, 5) is 2.42. The van der Waals surface area contributed by atoms with Crippen LogP contribution in [0.1, 0.15) is 44.5 Å². The van der Waals surface area contributed by atoms with Crippen LogP contribution in [0.3, 0.4) is 0 Å². The lowest BCUT2D eigenvalue weighted by Gasteiger charge is -2.45. The number of rotatable bonds is 1. The van der Waals surface area contributed by atoms with Gasteiger partial charge in [0, 0.05) is 36.9 Å². The summed E-state index contributed by atoms with van der Waals surface area (Å²) < 4.78 is 0. The molecule has 6 heteroatoms. The molecule has 2 aliphatic heterocycles. The second-order valence-electron chi connectivity index (χ2n) is 17.3. The van der Waals surface area contributed by atoms with E-state index in [-0.39, 0.29) is 0 Å². The van der Waals surface area contributed by atoms with Gasteiger partial charge in [0.1, 0.15) is 0 Å². The molecule has 0 saturated heterocycles. The number of fused-ring (bicyclic) bond motifs is 19. The van der Waals surface area contributed by atoms with Crippen LogP contribution in [-0.4, -0.2) is 0 Å². The van der Waals surface area contributed by atoms with Crippen LogP contribution in [-0.2, 0) is 10.8 Å². The molecule has 4 aliphatic rings. The summed E-state index contributed by atoms with van der Waals surface area (Å²) in [6, 6.07) is 74.7. The average Bonchev–Trinajstić information content (AvgIpc) is 3.78. The highest BCUT2D eigenvalue weighted by atomic mass is 35.5. The maximum absolute atomic E-state index is 6.71. The fourth-order valence-corrected chi connectivity index (χ4v) is 12.4. The Balaban J connectivity index is 0.000000138. The topological polar surface area (TPSA) is 15.3 Å². The second kappa shape index (κ2) is 14.9. The third-order valence-corrected chi connectivity index (χ3v) is 15.1. The molecule has 2 heterocycles. The van der Waals surface area contributed by atoms with E-state index in [1.165, 1.54) is 77.5 Å². The summed E-state index contributed by atoms with van der Waals surface area (Å²) in [6.45, 7) is 0. The first-order valence-electron chi connectivity index (χ1n) is 22.0.